The Hall–Kier alpha value is -2.09. The number of aliphatic hydroxyl groups excluding tert-OH is 1. The van der Waals surface area contributed by atoms with Crippen molar-refractivity contribution in [2.24, 2.45) is 0 Å². The van der Waals surface area contributed by atoms with Crippen LogP contribution in [0.1, 0.15) is 5.56 Å². The van der Waals surface area contributed by atoms with Crippen LogP contribution in [-0.4, -0.2) is 36.6 Å². The Kier molecular flexibility index (Phi) is 5.91. The Bertz CT molecular complexity index is 725. The van der Waals surface area contributed by atoms with Gasteiger partial charge in [-0.2, -0.15) is 0 Å². The van der Waals surface area contributed by atoms with Crippen LogP contribution in [0.2, 0.25) is 0 Å². The third-order valence-corrected chi connectivity index (χ3v) is 4.16. The molecule has 0 radical (unpaired) electrons. The first-order chi connectivity index (χ1) is 12.2. The van der Waals surface area contributed by atoms with Gasteiger partial charge < -0.3 is 19.3 Å². The van der Waals surface area contributed by atoms with Gasteiger partial charge in [-0.3, -0.25) is 5.32 Å². The van der Waals surface area contributed by atoms with Crippen LogP contribution in [0.5, 0.6) is 5.75 Å². The summed E-state index contributed by atoms with van der Waals surface area (Å²) in [5, 5.41) is 11.7. The number of rotatable bonds is 7. The SMILES string of the molecule is O=C(Nc1ccc(Br)cc1OC[C@H]1O[C@H]1CO)OCc1ccccc1. The summed E-state index contributed by atoms with van der Waals surface area (Å²) in [6.45, 7) is 0.465. The Labute approximate surface area is 153 Å². The fourth-order valence-electron chi connectivity index (χ4n) is 2.25. The lowest BCUT2D eigenvalue weighted by Crippen LogP contribution is -2.15. The van der Waals surface area contributed by atoms with Gasteiger partial charge in [0.15, 0.2) is 0 Å². The molecule has 3 rings (SSSR count). The molecule has 2 aromatic carbocycles. The Morgan fingerprint density at radius 1 is 1.20 bits per heavy atom. The van der Waals surface area contributed by atoms with E-state index in [1.807, 2.05) is 30.3 Å². The highest BCUT2D eigenvalue weighted by molar-refractivity contribution is 9.10. The van der Waals surface area contributed by atoms with Gasteiger partial charge in [0.1, 0.15) is 31.2 Å². The second-order valence-electron chi connectivity index (χ2n) is 5.53. The van der Waals surface area contributed by atoms with Gasteiger partial charge in [-0.05, 0) is 23.8 Å². The third-order valence-electron chi connectivity index (χ3n) is 3.66. The summed E-state index contributed by atoms with van der Waals surface area (Å²) < 4.78 is 17.0. The topological polar surface area (TPSA) is 80.3 Å². The molecule has 1 heterocycles. The number of ether oxygens (including phenoxy) is 3. The number of hydrogen-bond acceptors (Lipinski definition) is 5. The predicted molar refractivity (Wildman–Crippen MR) is 95.6 cm³/mol. The molecule has 1 aliphatic heterocycles. The second-order valence-corrected chi connectivity index (χ2v) is 6.45. The number of nitrogens with one attached hydrogen (secondary N) is 1. The lowest BCUT2D eigenvalue weighted by atomic mass is 10.2. The highest BCUT2D eigenvalue weighted by Crippen LogP contribution is 2.30. The molecule has 25 heavy (non-hydrogen) atoms. The first kappa shape index (κ1) is 17.7. The molecule has 2 N–H and O–H groups in total. The number of hydrogen-bond donors (Lipinski definition) is 2. The molecule has 2 atom stereocenters. The molecule has 0 aliphatic carbocycles. The van der Waals surface area contributed by atoms with E-state index in [1.54, 1.807) is 18.2 Å². The smallest absolute Gasteiger partial charge is 0.412 e. The molecular weight excluding hydrogens is 390 g/mol. The van der Waals surface area contributed by atoms with E-state index in [4.69, 9.17) is 19.3 Å². The number of anilines is 1. The molecular formula is C18H18BrNO5. The van der Waals surface area contributed by atoms with E-state index in [9.17, 15) is 4.79 Å². The fraction of sp³-hybridized carbons (Fsp3) is 0.278. The first-order valence-corrected chi connectivity index (χ1v) is 8.61. The van der Waals surface area contributed by atoms with Gasteiger partial charge in [-0.15, -0.1) is 0 Å². The van der Waals surface area contributed by atoms with E-state index in [0.29, 0.717) is 18.0 Å². The fourth-order valence-corrected chi connectivity index (χ4v) is 2.59. The standard InChI is InChI=1S/C18H18BrNO5/c19-13-6-7-14(15(8-13)23-11-17-16(9-21)25-17)20-18(22)24-10-12-4-2-1-3-5-12/h1-8,16-17,21H,9-11H2,(H,20,22)/t16-,17+/m0/s1. The molecule has 132 valence electrons. The predicted octanol–water partition coefficient (Wildman–Crippen LogP) is 3.34. The maximum Gasteiger partial charge on any atom is 0.412 e. The molecule has 1 fully saturated rings. The van der Waals surface area contributed by atoms with Crippen LogP contribution in [0, 0.1) is 0 Å². The zero-order chi connectivity index (χ0) is 17.6. The van der Waals surface area contributed by atoms with E-state index in [-0.39, 0.29) is 25.4 Å². The molecule has 6 nitrogen and oxygen atoms in total. The number of halogens is 1. The van der Waals surface area contributed by atoms with Gasteiger partial charge in [0.25, 0.3) is 0 Å². The molecule has 0 bridgehead atoms. The van der Waals surface area contributed by atoms with E-state index in [1.165, 1.54) is 0 Å². The van der Waals surface area contributed by atoms with Crippen molar-refractivity contribution in [1.29, 1.82) is 0 Å². The van der Waals surface area contributed by atoms with Crippen LogP contribution in [0.15, 0.2) is 53.0 Å². The summed E-state index contributed by atoms with van der Waals surface area (Å²) in [4.78, 5) is 12.0. The summed E-state index contributed by atoms with van der Waals surface area (Å²) in [6, 6.07) is 14.7. The molecule has 1 saturated heterocycles. The lowest BCUT2D eigenvalue weighted by molar-refractivity contribution is 0.155. The summed E-state index contributed by atoms with van der Waals surface area (Å²) in [5.41, 5.74) is 1.41. The number of aliphatic hydroxyl groups is 1. The Morgan fingerprint density at radius 3 is 2.72 bits per heavy atom. The van der Waals surface area contributed by atoms with E-state index in [0.717, 1.165) is 10.0 Å². The molecule has 1 aliphatic rings. The molecule has 0 spiro atoms. The van der Waals surface area contributed by atoms with Crippen molar-refractivity contribution in [3.8, 4) is 5.75 Å². The van der Waals surface area contributed by atoms with Gasteiger partial charge in [-0.1, -0.05) is 46.3 Å². The second kappa shape index (κ2) is 8.33. The summed E-state index contributed by atoms with van der Waals surface area (Å²) >= 11 is 3.38. The Balaban J connectivity index is 1.56. The van der Waals surface area contributed by atoms with E-state index >= 15 is 0 Å². The minimum Gasteiger partial charge on any atom is -0.489 e. The third kappa shape index (κ3) is 5.19. The van der Waals surface area contributed by atoms with Crippen LogP contribution >= 0.6 is 15.9 Å². The highest BCUT2D eigenvalue weighted by Gasteiger charge is 2.38. The van der Waals surface area contributed by atoms with Crippen molar-refractivity contribution in [3.63, 3.8) is 0 Å². The van der Waals surface area contributed by atoms with Crippen LogP contribution in [0.4, 0.5) is 10.5 Å². The average molecular weight is 408 g/mol. The molecule has 2 aromatic rings. The van der Waals surface area contributed by atoms with Gasteiger partial charge in [0.2, 0.25) is 0 Å². The molecule has 7 heteroatoms. The monoisotopic (exact) mass is 407 g/mol. The molecule has 0 unspecified atom stereocenters. The van der Waals surface area contributed by atoms with Gasteiger partial charge in [0.05, 0.1) is 12.3 Å². The number of benzene rings is 2. The quantitative estimate of drug-likeness (QED) is 0.687. The molecule has 0 saturated carbocycles. The molecule has 1 amide bonds. The normalized spacial score (nSPS) is 18.5. The van der Waals surface area contributed by atoms with Crippen LogP contribution in [0.3, 0.4) is 0 Å². The summed E-state index contributed by atoms with van der Waals surface area (Å²) in [7, 11) is 0. The van der Waals surface area contributed by atoms with Gasteiger partial charge in [0, 0.05) is 4.47 Å². The zero-order valence-electron chi connectivity index (χ0n) is 13.4. The van der Waals surface area contributed by atoms with E-state index in [2.05, 4.69) is 21.2 Å². The van der Waals surface area contributed by atoms with Crippen LogP contribution in [0.25, 0.3) is 0 Å². The van der Waals surface area contributed by atoms with Gasteiger partial charge in [-0.25, -0.2) is 4.79 Å². The average Bonchev–Trinajstić information content (AvgIpc) is 3.40. The van der Waals surface area contributed by atoms with Crippen LogP contribution in [-0.2, 0) is 16.1 Å². The lowest BCUT2D eigenvalue weighted by Gasteiger charge is -2.13. The number of amides is 1. The summed E-state index contributed by atoms with van der Waals surface area (Å²) in [5.74, 6) is 0.498. The number of epoxide rings is 1. The largest absolute Gasteiger partial charge is 0.489 e. The minimum absolute atomic E-state index is 0.0244. The maximum absolute atomic E-state index is 12.0. The maximum atomic E-state index is 12.0. The van der Waals surface area contributed by atoms with Crippen molar-refractivity contribution in [3.05, 3.63) is 58.6 Å². The first-order valence-electron chi connectivity index (χ1n) is 7.82. The number of carbonyl (C=O) groups is 1. The number of carbonyl (C=O) groups excluding carboxylic acids is 1. The van der Waals surface area contributed by atoms with Gasteiger partial charge >= 0.3 is 6.09 Å². The minimum atomic E-state index is -0.563. The van der Waals surface area contributed by atoms with E-state index < -0.39 is 6.09 Å². The zero-order valence-corrected chi connectivity index (χ0v) is 14.9. The van der Waals surface area contributed by atoms with Crippen molar-refractivity contribution < 1.29 is 24.1 Å². The van der Waals surface area contributed by atoms with Crippen molar-refractivity contribution in [2.45, 2.75) is 18.8 Å². The van der Waals surface area contributed by atoms with Crippen molar-refractivity contribution in [2.75, 3.05) is 18.5 Å². The molecule has 0 aromatic heterocycles. The van der Waals surface area contributed by atoms with Crippen LogP contribution < -0.4 is 10.1 Å². The highest BCUT2D eigenvalue weighted by atomic mass is 79.9. The Morgan fingerprint density at radius 2 is 2.00 bits per heavy atom. The van der Waals surface area contributed by atoms with Crippen molar-refractivity contribution >= 4 is 27.7 Å². The van der Waals surface area contributed by atoms with Crippen molar-refractivity contribution in [1.82, 2.24) is 0 Å². The summed E-state index contributed by atoms with van der Waals surface area (Å²) in [6.07, 6.45) is -0.854.